The van der Waals surface area contributed by atoms with E-state index in [0.29, 0.717) is 30.8 Å². The van der Waals surface area contributed by atoms with E-state index in [0.717, 1.165) is 12.0 Å². The van der Waals surface area contributed by atoms with Crippen LogP contribution in [0, 0.1) is 0 Å². The molecule has 1 aromatic heterocycles. The number of aromatic nitrogens is 2. The SMILES string of the molecule is O=Cc1cnn2c1N(C(=O)OCc1ccccc1)CCC2. The summed E-state index contributed by atoms with van der Waals surface area (Å²) < 4.78 is 6.99. The fraction of sp³-hybridized carbons (Fsp3) is 0.267. The first-order valence-electron chi connectivity index (χ1n) is 6.79. The molecule has 1 aliphatic rings. The topological polar surface area (TPSA) is 64.4 Å². The number of amides is 1. The van der Waals surface area contributed by atoms with E-state index in [1.165, 1.54) is 11.1 Å². The summed E-state index contributed by atoms with van der Waals surface area (Å²) in [5.74, 6) is 0.523. The minimum Gasteiger partial charge on any atom is -0.444 e. The Morgan fingerprint density at radius 3 is 2.86 bits per heavy atom. The molecule has 6 heteroatoms. The Bertz CT molecular complexity index is 651. The van der Waals surface area contributed by atoms with Gasteiger partial charge in [-0.05, 0) is 12.0 Å². The van der Waals surface area contributed by atoms with Gasteiger partial charge in [0.15, 0.2) is 6.29 Å². The van der Waals surface area contributed by atoms with Gasteiger partial charge in [0.1, 0.15) is 12.4 Å². The number of anilines is 1. The molecule has 108 valence electrons. The first-order valence-corrected chi connectivity index (χ1v) is 6.79. The lowest BCUT2D eigenvalue weighted by Crippen LogP contribution is -2.38. The second kappa shape index (κ2) is 5.78. The summed E-state index contributed by atoms with van der Waals surface area (Å²) in [4.78, 5) is 24.8. The van der Waals surface area contributed by atoms with Gasteiger partial charge in [0, 0.05) is 13.1 Å². The standard InChI is InChI=1S/C15H15N3O3/c19-10-13-9-16-18-8-4-7-17(14(13)18)15(20)21-11-12-5-2-1-3-6-12/h1-3,5-6,9-10H,4,7-8,11H2. The van der Waals surface area contributed by atoms with Crippen LogP contribution in [0.4, 0.5) is 10.6 Å². The summed E-state index contributed by atoms with van der Waals surface area (Å²) in [5, 5.41) is 4.11. The summed E-state index contributed by atoms with van der Waals surface area (Å²) in [7, 11) is 0. The van der Waals surface area contributed by atoms with E-state index in [2.05, 4.69) is 5.10 Å². The number of hydrogen-bond donors (Lipinski definition) is 0. The van der Waals surface area contributed by atoms with Crippen molar-refractivity contribution in [2.24, 2.45) is 0 Å². The minimum absolute atomic E-state index is 0.209. The van der Waals surface area contributed by atoms with Gasteiger partial charge in [-0.1, -0.05) is 30.3 Å². The number of carbonyl (C=O) groups is 2. The van der Waals surface area contributed by atoms with E-state index in [-0.39, 0.29) is 6.61 Å². The first kappa shape index (κ1) is 13.4. The third-order valence-corrected chi connectivity index (χ3v) is 3.40. The van der Waals surface area contributed by atoms with Gasteiger partial charge >= 0.3 is 6.09 Å². The Morgan fingerprint density at radius 2 is 2.10 bits per heavy atom. The van der Waals surface area contributed by atoms with Crippen LogP contribution in [-0.4, -0.2) is 28.7 Å². The third kappa shape index (κ3) is 2.65. The Balaban J connectivity index is 1.74. The quantitative estimate of drug-likeness (QED) is 0.811. The van der Waals surface area contributed by atoms with Crippen molar-refractivity contribution in [2.45, 2.75) is 19.6 Å². The van der Waals surface area contributed by atoms with Gasteiger partial charge in [-0.2, -0.15) is 5.10 Å². The van der Waals surface area contributed by atoms with Crippen LogP contribution in [0.1, 0.15) is 22.3 Å². The molecule has 0 spiro atoms. The van der Waals surface area contributed by atoms with Gasteiger partial charge < -0.3 is 4.74 Å². The maximum Gasteiger partial charge on any atom is 0.415 e. The van der Waals surface area contributed by atoms with Crippen molar-refractivity contribution < 1.29 is 14.3 Å². The van der Waals surface area contributed by atoms with Crippen molar-refractivity contribution in [1.82, 2.24) is 9.78 Å². The molecule has 0 fully saturated rings. The molecule has 3 rings (SSSR count). The molecule has 1 aliphatic heterocycles. The fourth-order valence-corrected chi connectivity index (χ4v) is 2.39. The molecular formula is C15H15N3O3. The summed E-state index contributed by atoms with van der Waals surface area (Å²) in [6.45, 7) is 1.44. The Kier molecular flexibility index (Phi) is 3.68. The zero-order valence-corrected chi connectivity index (χ0v) is 11.4. The number of fused-ring (bicyclic) bond motifs is 1. The van der Waals surface area contributed by atoms with Crippen LogP contribution in [0.5, 0.6) is 0 Å². The Labute approximate surface area is 121 Å². The van der Waals surface area contributed by atoms with Crippen molar-refractivity contribution in [1.29, 1.82) is 0 Å². The smallest absolute Gasteiger partial charge is 0.415 e. The summed E-state index contributed by atoms with van der Waals surface area (Å²) in [5.41, 5.74) is 1.33. The lowest BCUT2D eigenvalue weighted by Gasteiger charge is -2.27. The van der Waals surface area contributed by atoms with Crippen LogP contribution < -0.4 is 4.90 Å². The molecule has 1 aromatic carbocycles. The molecule has 21 heavy (non-hydrogen) atoms. The molecular weight excluding hydrogens is 270 g/mol. The zero-order chi connectivity index (χ0) is 14.7. The van der Waals surface area contributed by atoms with Gasteiger partial charge in [0.25, 0.3) is 0 Å². The second-order valence-corrected chi connectivity index (χ2v) is 4.81. The van der Waals surface area contributed by atoms with E-state index in [4.69, 9.17) is 4.74 Å². The summed E-state index contributed by atoms with van der Waals surface area (Å²) >= 11 is 0. The third-order valence-electron chi connectivity index (χ3n) is 3.40. The number of benzene rings is 1. The minimum atomic E-state index is -0.455. The van der Waals surface area contributed by atoms with Crippen LogP contribution in [0.3, 0.4) is 0 Å². The van der Waals surface area contributed by atoms with Gasteiger partial charge in [0.05, 0.1) is 11.8 Å². The monoisotopic (exact) mass is 285 g/mol. The normalized spacial score (nSPS) is 13.6. The highest BCUT2D eigenvalue weighted by molar-refractivity contribution is 5.93. The highest BCUT2D eigenvalue weighted by Gasteiger charge is 2.27. The number of ether oxygens (including phenoxy) is 1. The molecule has 1 amide bonds. The first-order chi connectivity index (χ1) is 10.3. The summed E-state index contributed by atoms with van der Waals surface area (Å²) in [6.07, 6.45) is 2.52. The maximum atomic E-state index is 12.2. The van der Waals surface area contributed by atoms with Crippen LogP contribution in [-0.2, 0) is 17.9 Å². The number of aryl methyl sites for hydroxylation is 1. The molecule has 2 aromatic rings. The lowest BCUT2D eigenvalue weighted by molar-refractivity contribution is 0.112. The Hall–Kier alpha value is -2.63. The number of aldehydes is 1. The van der Waals surface area contributed by atoms with Crippen molar-refractivity contribution in [3.63, 3.8) is 0 Å². The largest absolute Gasteiger partial charge is 0.444 e. The molecule has 6 nitrogen and oxygen atoms in total. The van der Waals surface area contributed by atoms with E-state index < -0.39 is 6.09 Å². The van der Waals surface area contributed by atoms with E-state index in [1.807, 2.05) is 30.3 Å². The molecule has 0 unspecified atom stereocenters. The number of hydrogen-bond acceptors (Lipinski definition) is 4. The van der Waals surface area contributed by atoms with Crippen molar-refractivity contribution >= 4 is 18.2 Å². The number of carbonyl (C=O) groups excluding carboxylic acids is 2. The molecule has 0 bridgehead atoms. The lowest BCUT2D eigenvalue weighted by atomic mass is 10.2. The van der Waals surface area contributed by atoms with Crippen LogP contribution in [0.2, 0.25) is 0 Å². The van der Waals surface area contributed by atoms with Gasteiger partial charge in [-0.3, -0.25) is 9.69 Å². The molecule has 0 aliphatic carbocycles. The number of nitrogens with zero attached hydrogens (tertiary/aromatic N) is 3. The average molecular weight is 285 g/mol. The molecule has 0 radical (unpaired) electrons. The van der Waals surface area contributed by atoms with Crippen molar-refractivity contribution in [3.05, 3.63) is 47.7 Å². The van der Waals surface area contributed by atoms with Crippen LogP contribution in [0.15, 0.2) is 36.5 Å². The second-order valence-electron chi connectivity index (χ2n) is 4.81. The highest BCUT2D eigenvalue weighted by Crippen LogP contribution is 2.24. The van der Waals surface area contributed by atoms with Gasteiger partial charge in [-0.15, -0.1) is 0 Å². The molecule has 0 N–H and O–H groups in total. The van der Waals surface area contributed by atoms with Gasteiger partial charge in [0.2, 0.25) is 0 Å². The predicted octanol–water partition coefficient (Wildman–Crippen LogP) is 2.24. The molecule has 0 saturated heterocycles. The summed E-state index contributed by atoms with van der Waals surface area (Å²) in [6, 6.07) is 9.48. The van der Waals surface area contributed by atoms with Crippen molar-refractivity contribution in [3.8, 4) is 0 Å². The molecule has 0 atom stereocenters. The van der Waals surface area contributed by atoms with Crippen molar-refractivity contribution in [2.75, 3.05) is 11.4 Å². The van der Waals surface area contributed by atoms with E-state index in [9.17, 15) is 9.59 Å². The Morgan fingerprint density at radius 1 is 1.29 bits per heavy atom. The maximum absolute atomic E-state index is 12.2. The van der Waals surface area contributed by atoms with Crippen LogP contribution >= 0.6 is 0 Å². The molecule has 0 saturated carbocycles. The average Bonchev–Trinajstić information content (AvgIpc) is 2.96. The van der Waals surface area contributed by atoms with E-state index >= 15 is 0 Å². The van der Waals surface area contributed by atoms with Crippen LogP contribution in [0.25, 0.3) is 0 Å². The van der Waals surface area contributed by atoms with E-state index in [1.54, 1.807) is 4.68 Å². The molecule has 2 heterocycles. The van der Waals surface area contributed by atoms with Gasteiger partial charge in [-0.25, -0.2) is 9.48 Å². The zero-order valence-electron chi connectivity index (χ0n) is 11.4. The fourth-order valence-electron chi connectivity index (χ4n) is 2.39. The highest BCUT2D eigenvalue weighted by atomic mass is 16.6. The number of rotatable bonds is 3. The predicted molar refractivity (Wildman–Crippen MR) is 76.2 cm³/mol.